The molecule has 20 atom stereocenters. The maximum Gasteiger partial charge on any atom is 0.506 e. The number of esters is 4. The van der Waals surface area contributed by atoms with Crippen molar-refractivity contribution >= 4 is 89.9 Å². The van der Waals surface area contributed by atoms with Crippen molar-refractivity contribution in [3.05, 3.63) is 182 Å². The summed E-state index contributed by atoms with van der Waals surface area (Å²) in [6.45, 7) is 9.13. The molecule has 4 aliphatic heterocycles. The third-order valence-corrected chi connectivity index (χ3v) is 20.2. The summed E-state index contributed by atoms with van der Waals surface area (Å²) >= 11 is 1.87. The number of rotatable bonds is 39. The van der Waals surface area contributed by atoms with E-state index < -0.39 is 194 Å². The van der Waals surface area contributed by atoms with Gasteiger partial charge in [-0.2, -0.15) is 0 Å². The molecular weight excluding hydrogens is 1690 g/mol. The number of hydrogen-bond acceptors (Lipinski definition) is 35. The first-order valence-electron chi connectivity index (χ1n) is 38.8. The number of carboxylic acid groups (broad SMARTS) is 4. The van der Waals surface area contributed by atoms with Gasteiger partial charge in [0.05, 0.1) is 11.5 Å². The van der Waals surface area contributed by atoms with Crippen LogP contribution in [0.3, 0.4) is 0 Å². The first-order chi connectivity index (χ1) is 59.9. The number of carbonyl (C=O) groups excluding carboxylic acids is 7. The second-order valence-electron chi connectivity index (χ2n) is 28.5. The Kier molecular flexibility index (Phi) is 35.3. The van der Waals surface area contributed by atoms with Gasteiger partial charge >= 0.3 is 54.6 Å². The minimum atomic E-state index is -2.13. The quantitative estimate of drug-likeness (QED) is 0.0141. The number of nitrogens with zero attached hydrogens (tertiary/aromatic N) is 1. The molecule has 0 aromatic heterocycles. The Morgan fingerprint density at radius 3 is 0.872 bits per heavy atom. The Morgan fingerprint density at radius 1 is 0.320 bits per heavy atom. The third kappa shape index (κ3) is 29.7. The number of alkyl carbamates (subject to hydrolysis) is 1. The summed E-state index contributed by atoms with van der Waals surface area (Å²) in [6.07, 6.45) is -42.1. The van der Waals surface area contributed by atoms with E-state index in [-0.39, 0.29) is 85.3 Å². The van der Waals surface area contributed by atoms with Crippen LogP contribution in [0.25, 0.3) is 0 Å². The number of hydrogen-bond donors (Lipinski definition) is 7. The molecule has 0 radical (unpaired) electrons. The number of para-hydroxylation sites is 6. The van der Waals surface area contributed by atoms with Gasteiger partial charge in [0.2, 0.25) is 61.8 Å². The Hall–Kier alpha value is -12.3. The highest BCUT2D eigenvalue weighted by molar-refractivity contribution is 8.00. The molecule has 4 saturated heterocycles. The van der Waals surface area contributed by atoms with Crippen LogP contribution in [0.4, 0.5) is 24.0 Å². The van der Waals surface area contributed by atoms with E-state index >= 15 is 0 Å². The molecule has 125 heavy (non-hydrogen) atoms. The molecule has 0 aliphatic carbocycles. The van der Waals surface area contributed by atoms with Gasteiger partial charge in [-0.25, -0.2) is 24.0 Å². The van der Waals surface area contributed by atoms with Crippen molar-refractivity contribution < 1.29 is 173 Å². The van der Waals surface area contributed by atoms with E-state index in [4.69, 9.17) is 99.5 Å². The summed E-state index contributed by atoms with van der Waals surface area (Å²) in [7, 11) is 0. The van der Waals surface area contributed by atoms with Gasteiger partial charge in [0.25, 0.3) is 0 Å². The van der Waals surface area contributed by atoms with Gasteiger partial charge in [0.1, 0.15) is 51.0 Å². The Labute approximate surface area is 723 Å². The molecule has 4 fully saturated rings. The highest BCUT2D eigenvalue weighted by Crippen LogP contribution is 2.43. The zero-order chi connectivity index (χ0) is 89.7. The van der Waals surface area contributed by atoms with Gasteiger partial charge in [-0.15, -0.1) is 23.5 Å². The summed E-state index contributed by atoms with van der Waals surface area (Å²) in [6, 6.07) is 49.3. The lowest BCUT2D eigenvalue weighted by Gasteiger charge is -2.48. The van der Waals surface area contributed by atoms with E-state index in [1.165, 1.54) is 0 Å². The Morgan fingerprint density at radius 2 is 0.592 bits per heavy atom. The molecule has 4 heterocycles. The van der Waals surface area contributed by atoms with Crippen molar-refractivity contribution in [1.29, 1.82) is 0 Å². The van der Waals surface area contributed by atoms with Crippen LogP contribution in [0.1, 0.15) is 48.5 Å². The van der Waals surface area contributed by atoms with Gasteiger partial charge in [-0.05, 0) is 93.6 Å². The molecule has 6 aromatic rings. The average Bonchev–Trinajstić information content (AvgIpc) is 0.791. The van der Waals surface area contributed by atoms with Crippen molar-refractivity contribution in [3.8, 4) is 34.5 Å². The van der Waals surface area contributed by atoms with E-state index in [1.54, 1.807) is 203 Å². The number of ether oxygens (including phenoxy) is 21. The number of thioether (sulfide) groups is 2. The maximum atomic E-state index is 14.4. The fourth-order valence-corrected chi connectivity index (χ4v) is 15.0. The van der Waals surface area contributed by atoms with Gasteiger partial charge in [-0.1, -0.05) is 109 Å². The normalized spacial score (nSPS) is 25.7. The van der Waals surface area contributed by atoms with Crippen LogP contribution in [0.2, 0.25) is 0 Å². The van der Waals surface area contributed by atoms with Crippen LogP contribution in [0.15, 0.2) is 182 Å². The largest absolute Gasteiger partial charge is 0.506 e. The molecule has 42 heteroatoms. The van der Waals surface area contributed by atoms with Crippen molar-refractivity contribution in [3.63, 3.8) is 0 Å². The summed E-state index contributed by atoms with van der Waals surface area (Å²) in [5, 5.41) is 48.7. The van der Waals surface area contributed by atoms with Gasteiger partial charge in [0.15, 0.2) is 61.0 Å². The summed E-state index contributed by atoms with van der Waals surface area (Å²) < 4.78 is 127. The molecule has 674 valence electrons. The van der Waals surface area contributed by atoms with Crippen molar-refractivity contribution in [2.24, 2.45) is 0 Å². The highest BCUT2D eigenvalue weighted by Gasteiger charge is 2.61. The van der Waals surface area contributed by atoms with Crippen LogP contribution >= 0.6 is 23.5 Å². The van der Waals surface area contributed by atoms with E-state index in [2.05, 4.69) is 16.0 Å². The Bertz CT molecular complexity index is 4240. The lowest BCUT2D eigenvalue weighted by Crippen LogP contribution is -2.67. The molecule has 4 aliphatic rings. The molecule has 2 unspecified atom stereocenters. The van der Waals surface area contributed by atoms with Gasteiger partial charge in [0, 0.05) is 67.0 Å². The first-order valence-corrected chi connectivity index (χ1v) is 40.9. The molecule has 7 N–H and O–H groups in total. The van der Waals surface area contributed by atoms with Crippen LogP contribution < -0.4 is 44.4 Å². The fraction of sp³-hybridized carbons (Fsp3) is 0.434. The van der Waals surface area contributed by atoms with Gasteiger partial charge in [-0.3, -0.25) is 33.7 Å². The van der Waals surface area contributed by atoms with Crippen molar-refractivity contribution in [1.82, 2.24) is 20.9 Å². The summed E-state index contributed by atoms with van der Waals surface area (Å²) in [5.74, 6) is -4.87. The van der Waals surface area contributed by atoms with E-state index in [0.717, 1.165) is 51.2 Å². The second kappa shape index (κ2) is 46.4. The molecule has 0 saturated carbocycles. The molecular formula is C83H94N4O36S2. The number of benzene rings is 6. The molecule has 3 amide bonds. The topological polar surface area (TPSA) is 502 Å². The molecule has 10 rings (SSSR count). The van der Waals surface area contributed by atoms with E-state index in [0.29, 0.717) is 0 Å². The second-order valence-corrected chi connectivity index (χ2v) is 30.7. The SMILES string of the molecule is CC(=O)O[C@H]1OC(O[C@H]2[C@@H](Oc3ccccc3)O[C@@H](SCC(=O)NCCN(CCNC(=O)CS[C@@H]3O[C@H](Oc4ccccc4)[C@H](OC4O[C@H](OC(C)=O)[C@H](OC(=O)O)[C@H](OC(C)=O)[C@H]4OC(=O)O)[C@H](Oc4ccccc4)[C@H]3Oc3ccccc3)CCNC(=O)OC(C)(C)C)[C@H](Oc3ccccc3)[C@H]2Oc2ccccc2)[C@H](OC(=O)O)[C@@H](OC(C)=O)[C@H]1OC(=O)O. The van der Waals surface area contributed by atoms with Crippen LogP contribution in [-0.4, -0.2) is 270 Å². The minimum absolute atomic E-state index is 0.0249. The number of nitrogens with one attached hydrogen (secondary N) is 3. The first kappa shape index (κ1) is 94.9. The number of carbonyl (C=O) groups is 11. The predicted octanol–water partition coefficient (Wildman–Crippen LogP) is 8.20. The van der Waals surface area contributed by atoms with Gasteiger partial charge < -0.3 is 136 Å². The monoisotopic (exact) mass is 1790 g/mol. The molecule has 40 nitrogen and oxygen atoms in total. The number of amides is 3. The van der Waals surface area contributed by atoms with Crippen LogP contribution in [0.5, 0.6) is 34.5 Å². The third-order valence-electron chi connectivity index (χ3n) is 17.9. The zero-order valence-corrected chi connectivity index (χ0v) is 69.8. The van der Waals surface area contributed by atoms with Crippen LogP contribution in [0, 0.1) is 0 Å². The lowest BCUT2D eigenvalue weighted by atomic mass is 10.0. The average molecular weight is 1790 g/mol. The summed E-state index contributed by atoms with van der Waals surface area (Å²) in [4.78, 5) is 144. The zero-order valence-electron chi connectivity index (χ0n) is 68.1. The molecule has 0 spiro atoms. The predicted molar refractivity (Wildman–Crippen MR) is 430 cm³/mol. The molecule has 0 bridgehead atoms. The van der Waals surface area contributed by atoms with Crippen molar-refractivity contribution in [2.45, 2.75) is 176 Å². The smallest absolute Gasteiger partial charge is 0.483 e. The van der Waals surface area contributed by atoms with Crippen LogP contribution in [-0.2, 0) is 99.8 Å². The minimum Gasteiger partial charge on any atom is -0.483 e. The van der Waals surface area contributed by atoms with Crippen molar-refractivity contribution in [2.75, 3.05) is 50.8 Å². The standard InChI is InChI=1S/C83H94N4O36S2/c1-46(88)103-58-64(115-79(95)96)70(105-48(3)90)119-74(66(58)117-81(99)100)113-62-60(107-50-26-14-8-15-27-50)68(109-52-30-18-10-19-31-52)76(121-72(62)111-54-34-22-12-23-35-54)124-44-56(92)84-38-41-87(43-40-86-78(94)123-83(5,6)7)42-39-85-57(93)45-125-77-69(110-53-32-20-11-21-33-53)61(108-51-28-16-9-17-29-51)63(73(122-77)112-55-36-24-13-25-37-55)114-75-67(118-82(101)102)59(104-47(2)89)65(116-80(97)98)71(120-75)106-49(4)91/h8-37,58-77H,38-45H2,1-7H3,(H,84,92)(H,85,93)(H,86,94)(H,95,96)(H,97,98)(H,99,100)(H,101,102)/t58-,59-,60-,61-,62+,63+,64+,65+,66+,67+,68+,69+,70-,71-,72-,73-,74?,75?,76-,77-/m0/s1. The summed E-state index contributed by atoms with van der Waals surface area (Å²) in [5.41, 5.74) is -3.40. The maximum absolute atomic E-state index is 14.4. The molecule has 6 aromatic carbocycles. The fourth-order valence-electron chi connectivity index (χ4n) is 13.0. The lowest BCUT2D eigenvalue weighted by molar-refractivity contribution is -0.372. The highest BCUT2D eigenvalue weighted by atomic mass is 32.2. The Balaban J connectivity index is 0.891. The van der Waals surface area contributed by atoms with E-state index in [9.17, 15) is 73.2 Å². The van der Waals surface area contributed by atoms with E-state index in [1.807, 2.05) is 4.90 Å².